The lowest BCUT2D eigenvalue weighted by Gasteiger charge is -2.13. The lowest BCUT2D eigenvalue weighted by molar-refractivity contribution is 0.553. The van der Waals surface area contributed by atoms with Gasteiger partial charge in [-0.3, -0.25) is 0 Å². The Morgan fingerprint density at radius 3 is 2.60 bits per heavy atom. The van der Waals surface area contributed by atoms with Gasteiger partial charge in [0.25, 0.3) is 0 Å². The van der Waals surface area contributed by atoms with Gasteiger partial charge in [-0.15, -0.1) is 11.6 Å². The number of sulfonamides is 1. The molecule has 0 aromatic heterocycles. The van der Waals surface area contributed by atoms with Crippen molar-refractivity contribution in [3.63, 3.8) is 0 Å². The normalized spacial score (nSPS) is 13.8. The van der Waals surface area contributed by atoms with Crippen molar-refractivity contribution in [2.24, 2.45) is 0 Å². The van der Waals surface area contributed by atoms with Crippen LogP contribution >= 0.6 is 11.6 Å². The lowest BCUT2D eigenvalue weighted by atomic mass is 10.1. The Labute approximate surface area is 93.3 Å². The zero-order valence-electron chi connectivity index (χ0n) is 8.07. The summed E-state index contributed by atoms with van der Waals surface area (Å²) in [4.78, 5) is 0. The minimum absolute atomic E-state index is 0.297. The minimum Gasteiger partial charge on any atom is -0.211 e. The van der Waals surface area contributed by atoms with Gasteiger partial charge in [0.1, 0.15) is 11.0 Å². The highest BCUT2D eigenvalue weighted by molar-refractivity contribution is 7.90. The number of benzene rings is 1. The second-order valence-corrected chi connectivity index (χ2v) is 5.42. The minimum atomic E-state index is -3.53. The number of halogens is 2. The number of rotatable bonds is 4. The van der Waals surface area contributed by atoms with E-state index in [1.54, 1.807) is 19.1 Å². The Hall–Kier alpha value is -0.650. The van der Waals surface area contributed by atoms with Gasteiger partial charge < -0.3 is 0 Å². The van der Waals surface area contributed by atoms with Crippen LogP contribution in [0.15, 0.2) is 24.3 Å². The summed E-state index contributed by atoms with van der Waals surface area (Å²) in [7, 11) is -3.53. The molecular weight excluding hydrogens is 241 g/mol. The smallest absolute Gasteiger partial charge is 0.211 e. The second kappa shape index (κ2) is 4.92. The molecule has 1 rings (SSSR count). The Balaban J connectivity index is 2.87. The van der Waals surface area contributed by atoms with Crippen LogP contribution in [0.5, 0.6) is 0 Å². The number of hydrogen-bond donors (Lipinski definition) is 1. The molecular formula is C9H11ClFNO2S. The standard InChI is InChI=1S/C9H11ClFNO2S/c1-7(12-15(13,14)6-10)8-4-2-3-5-9(8)11/h2-5,7,12H,6H2,1H3/t7-/m1/s1. The molecule has 1 atom stereocenters. The van der Waals surface area contributed by atoms with E-state index >= 15 is 0 Å². The maximum Gasteiger partial charge on any atom is 0.226 e. The van der Waals surface area contributed by atoms with Gasteiger partial charge in [0, 0.05) is 11.6 Å². The van der Waals surface area contributed by atoms with E-state index in [0.717, 1.165) is 0 Å². The molecule has 0 radical (unpaired) electrons. The van der Waals surface area contributed by atoms with Gasteiger partial charge >= 0.3 is 0 Å². The fraction of sp³-hybridized carbons (Fsp3) is 0.333. The molecule has 0 bridgehead atoms. The van der Waals surface area contributed by atoms with Crippen LogP contribution in [0.3, 0.4) is 0 Å². The van der Waals surface area contributed by atoms with Crippen LogP contribution in [0.25, 0.3) is 0 Å². The second-order valence-electron chi connectivity index (χ2n) is 3.08. The van der Waals surface area contributed by atoms with Crippen molar-refractivity contribution in [2.75, 3.05) is 5.21 Å². The van der Waals surface area contributed by atoms with E-state index in [1.165, 1.54) is 12.1 Å². The highest BCUT2D eigenvalue weighted by Gasteiger charge is 2.16. The summed E-state index contributed by atoms with van der Waals surface area (Å²) in [6.45, 7) is 1.56. The third-order valence-electron chi connectivity index (χ3n) is 1.87. The van der Waals surface area contributed by atoms with Gasteiger partial charge in [0.05, 0.1) is 0 Å². The van der Waals surface area contributed by atoms with Gasteiger partial charge in [-0.05, 0) is 13.0 Å². The van der Waals surface area contributed by atoms with Crippen LogP contribution in [0, 0.1) is 5.82 Å². The fourth-order valence-electron chi connectivity index (χ4n) is 1.19. The third kappa shape index (κ3) is 3.44. The molecule has 1 aromatic rings. The topological polar surface area (TPSA) is 46.2 Å². The summed E-state index contributed by atoms with van der Waals surface area (Å²) >= 11 is 5.22. The van der Waals surface area contributed by atoms with Crippen LogP contribution in [0.2, 0.25) is 0 Å². The van der Waals surface area contributed by atoms with Crippen molar-refractivity contribution in [3.8, 4) is 0 Å². The van der Waals surface area contributed by atoms with Crippen LogP contribution in [-0.4, -0.2) is 13.6 Å². The molecule has 6 heteroatoms. The number of nitrogens with one attached hydrogen (secondary N) is 1. The maximum atomic E-state index is 13.3. The molecule has 0 saturated heterocycles. The predicted molar refractivity (Wildman–Crippen MR) is 57.6 cm³/mol. The molecule has 0 heterocycles. The van der Waals surface area contributed by atoms with Crippen molar-refractivity contribution in [2.45, 2.75) is 13.0 Å². The first-order valence-corrected chi connectivity index (χ1v) is 6.45. The van der Waals surface area contributed by atoms with E-state index in [4.69, 9.17) is 11.6 Å². The molecule has 0 spiro atoms. The van der Waals surface area contributed by atoms with Crippen LogP contribution in [0.4, 0.5) is 4.39 Å². The fourth-order valence-corrected chi connectivity index (χ4v) is 2.11. The van der Waals surface area contributed by atoms with Gasteiger partial charge in [-0.25, -0.2) is 17.5 Å². The van der Waals surface area contributed by atoms with Gasteiger partial charge in [-0.1, -0.05) is 18.2 Å². The molecule has 0 aliphatic heterocycles. The monoisotopic (exact) mass is 251 g/mol. The Kier molecular flexibility index (Phi) is 4.07. The molecule has 1 aromatic carbocycles. The zero-order chi connectivity index (χ0) is 11.5. The summed E-state index contributed by atoms with van der Waals surface area (Å²) in [5.74, 6) is -0.442. The van der Waals surface area contributed by atoms with Gasteiger partial charge in [-0.2, -0.15) is 0 Å². The van der Waals surface area contributed by atoms with Crippen molar-refractivity contribution < 1.29 is 12.8 Å². The summed E-state index contributed by atoms with van der Waals surface area (Å²) in [5, 5.41) is -0.536. The zero-order valence-corrected chi connectivity index (χ0v) is 9.65. The molecule has 15 heavy (non-hydrogen) atoms. The number of alkyl halides is 1. The summed E-state index contributed by atoms with van der Waals surface area (Å²) in [6, 6.07) is 5.36. The molecule has 1 N–H and O–H groups in total. The highest BCUT2D eigenvalue weighted by Crippen LogP contribution is 2.16. The Morgan fingerprint density at radius 2 is 2.07 bits per heavy atom. The van der Waals surface area contributed by atoms with Gasteiger partial charge in [0.2, 0.25) is 10.0 Å². The van der Waals surface area contributed by atoms with E-state index in [9.17, 15) is 12.8 Å². The lowest BCUT2D eigenvalue weighted by Crippen LogP contribution is -2.28. The third-order valence-corrected chi connectivity index (χ3v) is 3.73. The molecule has 0 aliphatic rings. The average molecular weight is 252 g/mol. The molecule has 84 valence electrons. The largest absolute Gasteiger partial charge is 0.226 e. The molecule has 0 aliphatic carbocycles. The average Bonchev–Trinajstić information content (AvgIpc) is 2.17. The Morgan fingerprint density at radius 1 is 1.47 bits per heavy atom. The molecule has 0 saturated carbocycles. The maximum absolute atomic E-state index is 13.3. The molecule has 0 fully saturated rings. The van der Waals surface area contributed by atoms with Crippen molar-refractivity contribution in [3.05, 3.63) is 35.6 Å². The SMILES string of the molecule is C[C@@H](NS(=O)(=O)CCl)c1ccccc1F. The first-order valence-electron chi connectivity index (χ1n) is 4.26. The van der Waals surface area contributed by atoms with Crippen LogP contribution in [0.1, 0.15) is 18.5 Å². The highest BCUT2D eigenvalue weighted by atomic mass is 35.5. The van der Waals surface area contributed by atoms with Crippen LogP contribution in [-0.2, 0) is 10.0 Å². The van der Waals surface area contributed by atoms with Crippen LogP contribution < -0.4 is 4.72 Å². The quantitative estimate of drug-likeness (QED) is 0.832. The van der Waals surface area contributed by atoms with E-state index in [1.807, 2.05) is 0 Å². The van der Waals surface area contributed by atoms with E-state index in [2.05, 4.69) is 4.72 Å². The van der Waals surface area contributed by atoms with Crippen molar-refractivity contribution >= 4 is 21.6 Å². The first-order chi connectivity index (χ1) is 6.96. The van der Waals surface area contributed by atoms with E-state index in [-0.39, 0.29) is 0 Å². The first kappa shape index (κ1) is 12.4. The Bertz CT molecular complexity index is 435. The molecule has 0 unspecified atom stereocenters. The van der Waals surface area contributed by atoms with Crippen molar-refractivity contribution in [1.82, 2.24) is 4.72 Å². The summed E-state index contributed by atoms with van der Waals surface area (Å²) < 4.78 is 37.8. The van der Waals surface area contributed by atoms with Gasteiger partial charge in [0.15, 0.2) is 0 Å². The molecule has 3 nitrogen and oxygen atoms in total. The molecule has 0 amide bonds. The van der Waals surface area contributed by atoms with E-state index < -0.39 is 27.1 Å². The number of hydrogen-bond acceptors (Lipinski definition) is 2. The predicted octanol–water partition coefficient (Wildman–Crippen LogP) is 2.00. The summed E-state index contributed by atoms with van der Waals surface area (Å²) in [6.07, 6.45) is 0. The summed E-state index contributed by atoms with van der Waals surface area (Å²) in [5.41, 5.74) is 0.297. The van der Waals surface area contributed by atoms with Crippen molar-refractivity contribution in [1.29, 1.82) is 0 Å². The van der Waals surface area contributed by atoms with E-state index in [0.29, 0.717) is 5.56 Å².